The Bertz CT molecular complexity index is 466. The molecule has 0 aliphatic heterocycles. The molecule has 0 heterocycles. The maximum atomic E-state index is 5.33. The lowest BCUT2D eigenvalue weighted by atomic mass is 9.73. The third kappa shape index (κ3) is 3.60. The van der Waals surface area contributed by atoms with Crippen molar-refractivity contribution < 1.29 is 4.74 Å². The molecule has 2 fully saturated rings. The van der Waals surface area contributed by atoms with Crippen molar-refractivity contribution in [1.82, 2.24) is 5.32 Å². The number of ether oxygens (including phenoxy) is 1. The van der Waals surface area contributed by atoms with Crippen LogP contribution in [0.5, 0.6) is 5.75 Å². The number of benzene rings is 1. The van der Waals surface area contributed by atoms with Gasteiger partial charge in [-0.15, -0.1) is 0 Å². The van der Waals surface area contributed by atoms with E-state index in [9.17, 15) is 0 Å². The second-order valence-electron chi connectivity index (χ2n) is 7.75. The molecule has 2 saturated carbocycles. The number of hydrogen-bond donors (Lipinski definition) is 1. The second kappa shape index (κ2) is 6.00. The van der Waals surface area contributed by atoms with Crippen molar-refractivity contribution in [3.8, 4) is 5.75 Å². The van der Waals surface area contributed by atoms with Gasteiger partial charge in [0, 0.05) is 12.1 Å². The van der Waals surface area contributed by atoms with Gasteiger partial charge in [0.25, 0.3) is 0 Å². The molecule has 116 valence electrons. The van der Waals surface area contributed by atoms with Crippen LogP contribution in [-0.4, -0.2) is 19.2 Å². The van der Waals surface area contributed by atoms with Crippen molar-refractivity contribution in [1.29, 1.82) is 0 Å². The molecule has 0 saturated heterocycles. The average molecular weight is 287 g/mol. The lowest BCUT2D eigenvalue weighted by Crippen LogP contribution is -2.47. The predicted molar refractivity (Wildman–Crippen MR) is 87.9 cm³/mol. The minimum atomic E-state index is 0.570. The summed E-state index contributed by atoms with van der Waals surface area (Å²) in [7, 11) is 1.74. The summed E-state index contributed by atoms with van der Waals surface area (Å²) < 4.78 is 5.33. The van der Waals surface area contributed by atoms with Crippen molar-refractivity contribution in [2.45, 2.75) is 70.4 Å². The fraction of sp³-hybridized carbons (Fsp3) is 0.684. The molecule has 2 aliphatic carbocycles. The Kier molecular flexibility index (Phi) is 4.26. The van der Waals surface area contributed by atoms with Gasteiger partial charge < -0.3 is 10.1 Å². The summed E-state index contributed by atoms with van der Waals surface area (Å²) in [6.07, 6.45) is 8.02. The average Bonchev–Trinajstić information content (AvgIpc) is 2.44. The molecular formula is C19H29NO. The second-order valence-corrected chi connectivity index (χ2v) is 7.75. The van der Waals surface area contributed by atoms with Crippen molar-refractivity contribution in [3.63, 3.8) is 0 Å². The smallest absolute Gasteiger partial charge is 0.119 e. The van der Waals surface area contributed by atoms with E-state index < -0.39 is 0 Å². The highest BCUT2D eigenvalue weighted by atomic mass is 16.5. The molecule has 1 aromatic rings. The van der Waals surface area contributed by atoms with E-state index in [1.54, 1.807) is 7.11 Å². The Hall–Kier alpha value is -1.02. The van der Waals surface area contributed by atoms with Crippen molar-refractivity contribution >= 4 is 0 Å². The Morgan fingerprint density at radius 2 is 1.81 bits per heavy atom. The Morgan fingerprint density at radius 1 is 1.10 bits per heavy atom. The SMILES string of the molecule is COc1cccc(C2CC(NC3CCC(C)(C)CC3)C2)c1. The van der Waals surface area contributed by atoms with Gasteiger partial charge in [0.1, 0.15) is 5.75 Å². The summed E-state index contributed by atoms with van der Waals surface area (Å²) in [6, 6.07) is 10.1. The van der Waals surface area contributed by atoms with Crippen LogP contribution in [0.15, 0.2) is 24.3 Å². The molecule has 2 aliphatic rings. The van der Waals surface area contributed by atoms with E-state index in [2.05, 4.69) is 37.4 Å². The summed E-state index contributed by atoms with van der Waals surface area (Å²) in [5.74, 6) is 1.70. The molecule has 0 atom stereocenters. The summed E-state index contributed by atoms with van der Waals surface area (Å²) in [6.45, 7) is 4.82. The summed E-state index contributed by atoms with van der Waals surface area (Å²) in [4.78, 5) is 0. The van der Waals surface area contributed by atoms with E-state index in [1.165, 1.54) is 44.1 Å². The first-order valence-corrected chi connectivity index (χ1v) is 8.46. The van der Waals surface area contributed by atoms with Gasteiger partial charge in [-0.1, -0.05) is 26.0 Å². The van der Waals surface area contributed by atoms with Gasteiger partial charge in [0.2, 0.25) is 0 Å². The molecule has 21 heavy (non-hydrogen) atoms. The molecule has 2 heteroatoms. The van der Waals surface area contributed by atoms with Crippen LogP contribution in [0.25, 0.3) is 0 Å². The van der Waals surface area contributed by atoms with Crippen LogP contribution in [0, 0.1) is 5.41 Å². The predicted octanol–water partition coefficient (Wildman–Crippen LogP) is 4.50. The molecule has 0 spiro atoms. The summed E-state index contributed by atoms with van der Waals surface area (Å²) in [5, 5.41) is 3.89. The first-order chi connectivity index (χ1) is 10.1. The fourth-order valence-electron chi connectivity index (χ4n) is 3.82. The first-order valence-electron chi connectivity index (χ1n) is 8.46. The molecule has 0 radical (unpaired) electrons. The van der Waals surface area contributed by atoms with E-state index in [-0.39, 0.29) is 0 Å². The third-order valence-corrected chi connectivity index (χ3v) is 5.51. The number of rotatable bonds is 4. The zero-order valence-corrected chi connectivity index (χ0v) is 13.7. The largest absolute Gasteiger partial charge is 0.497 e. The molecule has 3 rings (SSSR count). The van der Waals surface area contributed by atoms with E-state index in [4.69, 9.17) is 4.74 Å². The van der Waals surface area contributed by atoms with E-state index in [0.717, 1.165) is 23.8 Å². The van der Waals surface area contributed by atoms with Gasteiger partial charge >= 0.3 is 0 Å². The highest BCUT2D eigenvalue weighted by Gasteiger charge is 2.34. The minimum Gasteiger partial charge on any atom is -0.497 e. The first kappa shape index (κ1) is 14.9. The standard InChI is InChI=1S/C19H29NO/c1-19(2)9-7-16(8-10-19)20-17-11-15(12-17)14-5-4-6-18(13-14)21-3/h4-6,13,15-17,20H,7-12H2,1-3H3. The van der Waals surface area contributed by atoms with Crippen LogP contribution in [0.1, 0.15) is 63.9 Å². The van der Waals surface area contributed by atoms with Gasteiger partial charge in [0.15, 0.2) is 0 Å². The van der Waals surface area contributed by atoms with Crippen LogP contribution < -0.4 is 10.1 Å². The molecular weight excluding hydrogens is 258 g/mol. The summed E-state index contributed by atoms with van der Waals surface area (Å²) in [5.41, 5.74) is 2.01. The molecule has 1 N–H and O–H groups in total. The van der Waals surface area contributed by atoms with E-state index in [1.807, 2.05) is 6.07 Å². The fourth-order valence-corrected chi connectivity index (χ4v) is 3.82. The highest BCUT2D eigenvalue weighted by molar-refractivity contribution is 5.32. The van der Waals surface area contributed by atoms with Gasteiger partial charge in [-0.2, -0.15) is 0 Å². The van der Waals surface area contributed by atoms with Gasteiger partial charge in [-0.3, -0.25) is 0 Å². The minimum absolute atomic E-state index is 0.570. The molecule has 0 amide bonds. The van der Waals surface area contributed by atoms with Gasteiger partial charge in [-0.25, -0.2) is 0 Å². The number of nitrogens with one attached hydrogen (secondary N) is 1. The third-order valence-electron chi connectivity index (χ3n) is 5.51. The van der Waals surface area contributed by atoms with Crippen molar-refractivity contribution in [2.75, 3.05) is 7.11 Å². The van der Waals surface area contributed by atoms with Crippen molar-refractivity contribution in [3.05, 3.63) is 29.8 Å². The van der Waals surface area contributed by atoms with Gasteiger partial charge in [0.05, 0.1) is 7.11 Å². The molecule has 0 aromatic heterocycles. The molecule has 2 nitrogen and oxygen atoms in total. The van der Waals surface area contributed by atoms with E-state index in [0.29, 0.717) is 5.41 Å². The quantitative estimate of drug-likeness (QED) is 0.880. The molecule has 0 unspecified atom stereocenters. The van der Waals surface area contributed by atoms with Crippen LogP contribution >= 0.6 is 0 Å². The lowest BCUT2D eigenvalue weighted by Gasteiger charge is -2.42. The van der Waals surface area contributed by atoms with Crippen LogP contribution in [0.4, 0.5) is 0 Å². The maximum Gasteiger partial charge on any atom is 0.119 e. The van der Waals surface area contributed by atoms with Gasteiger partial charge in [-0.05, 0) is 67.6 Å². The van der Waals surface area contributed by atoms with Crippen LogP contribution in [-0.2, 0) is 0 Å². The Balaban J connectivity index is 1.45. The normalized spacial score (nSPS) is 28.9. The monoisotopic (exact) mass is 287 g/mol. The van der Waals surface area contributed by atoms with E-state index >= 15 is 0 Å². The zero-order chi connectivity index (χ0) is 14.9. The lowest BCUT2D eigenvalue weighted by molar-refractivity contribution is 0.174. The molecule has 1 aromatic carbocycles. The zero-order valence-electron chi connectivity index (χ0n) is 13.7. The topological polar surface area (TPSA) is 21.3 Å². The summed E-state index contributed by atoms with van der Waals surface area (Å²) >= 11 is 0. The maximum absolute atomic E-state index is 5.33. The van der Waals surface area contributed by atoms with Crippen LogP contribution in [0.3, 0.4) is 0 Å². The molecule has 0 bridgehead atoms. The Labute approximate surface area is 129 Å². The van der Waals surface area contributed by atoms with Crippen LogP contribution in [0.2, 0.25) is 0 Å². The highest BCUT2D eigenvalue weighted by Crippen LogP contribution is 2.40. The Morgan fingerprint density at radius 3 is 2.48 bits per heavy atom. The number of methoxy groups -OCH3 is 1. The number of hydrogen-bond acceptors (Lipinski definition) is 2. The van der Waals surface area contributed by atoms with Crippen molar-refractivity contribution in [2.24, 2.45) is 5.41 Å².